The minimum Gasteiger partial charge on any atom is -0.508 e. The van der Waals surface area contributed by atoms with E-state index in [0.717, 1.165) is 0 Å². The lowest BCUT2D eigenvalue weighted by Gasteiger charge is -2.10. The molecule has 4 N–H and O–H groups in total. The van der Waals surface area contributed by atoms with Crippen LogP contribution in [0.15, 0.2) is 87.1 Å². The van der Waals surface area contributed by atoms with Gasteiger partial charge in [0.1, 0.15) is 22.6 Å². The normalized spacial score (nSPS) is 12.0. The molecule has 168 valence electrons. The van der Waals surface area contributed by atoms with Crippen molar-refractivity contribution in [1.29, 1.82) is 0 Å². The van der Waals surface area contributed by atoms with Gasteiger partial charge in [0, 0.05) is 11.5 Å². The maximum Gasteiger partial charge on any atom is 0.261 e. The summed E-state index contributed by atoms with van der Waals surface area (Å²) in [6, 6.07) is 18.5. The Morgan fingerprint density at radius 3 is 2.48 bits per heavy atom. The van der Waals surface area contributed by atoms with Crippen LogP contribution < -0.4 is 20.7 Å². The number of rotatable bonds is 5. The lowest BCUT2D eigenvalue weighted by atomic mass is 10.1. The molecular formula is C23H19N3O6S. The molecule has 0 aliphatic heterocycles. The summed E-state index contributed by atoms with van der Waals surface area (Å²) >= 11 is 0. The molecule has 0 bridgehead atoms. The van der Waals surface area contributed by atoms with Gasteiger partial charge in [-0.05, 0) is 54.6 Å². The number of nitrogens with zero attached hydrogens (tertiary/aromatic N) is 1. The molecule has 3 aromatic carbocycles. The molecule has 0 atom stereocenters. The zero-order valence-corrected chi connectivity index (χ0v) is 18.2. The minimum absolute atomic E-state index is 0.0130. The lowest BCUT2D eigenvalue weighted by molar-refractivity contribution is 0.102. The Kier molecular flexibility index (Phi) is 5.86. The van der Waals surface area contributed by atoms with Crippen LogP contribution in [0.4, 0.5) is 11.4 Å². The quantitative estimate of drug-likeness (QED) is 0.413. The minimum atomic E-state index is -3.86. The van der Waals surface area contributed by atoms with E-state index in [1.807, 2.05) is 0 Å². The zero-order chi connectivity index (χ0) is 23.6. The number of carbonyl (C=O) groups is 1. The Balaban J connectivity index is 1.84. The second-order valence-electron chi connectivity index (χ2n) is 6.99. The fourth-order valence-corrected chi connectivity index (χ4v) is 3.63. The summed E-state index contributed by atoms with van der Waals surface area (Å²) < 4.78 is 34.1. The number of carbonyl (C=O) groups excluding carboxylic acids is 1. The van der Waals surface area contributed by atoms with Crippen molar-refractivity contribution in [3.05, 3.63) is 83.9 Å². The second-order valence-corrected chi connectivity index (χ2v) is 8.55. The van der Waals surface area contributed by atoms with Crippen LogP contribution in [0.1, 0.15) is 10.4 Å². The van der Waals surface area contributed by atoms with E-state index in [0.29, 0.717) is 28.1 Å². The molecule has 0 saturated carbocycles. The predicted octanol–water partition coefficient (Wildman–Crippen LogP) is 3.28. The van der Waals surface area contributed by atoms with Crippen molar-refractivity contribution in [3.8, 4) is 11.5 Å². The number of aromatic hydroxyl groups is 1. The molecule has 0 fully saturated rings. The highest BCUT2D eigenvalue weighted by atomic mass is 32.2. The second kappa shape index (κ2) is 8.77. The van der Waals surface area contributed by atoms with E-state index in [9.17, 15) is 18.3 Å². The number of amides is 1. The first kappa shape index (κ1) is 22.1. The first-order valence-corrected chi connectivity index (χ1v) is 11.2. The number of ether oxygens (including phenoxy) is 1. The van der Waals surface area contributed by atoms with Crippen molar-refractivity contribution in [2.45, 2.75) is 4.90 Å². The van der Waals surface area contributed by atoms with Gasteiger partial charge in [-0.25, -0.2) is 18.5 Å². The van der Waals surface area contributed by atoms with Gasteiger partial charge in [0.2, 0.25) is 15.6 Å². The highest BCUT2D eigenvalue weighted by molar-refractivity contribution is 7.89. The summed E-state index contributed by atoms with van der Waals surface area (Å²) in [5.41, 5.74) is 1.18. The number of anilines is 1. The molecule has 0 saturated heterocycles. The number of benzene rings is 3. The number of nitrogens with one attached hydrogen (secondary N) is 1. The number of para-hydroxylation sites is 2. The summed E-state index contributed by atoms with van der Waals surface area (Å²) in [7, 11) is -2.36. The monoisotopic (exact) mass is 465 g/mol. The van der Waals surface area contributed by atoms with E-state index >= 15 is 0 Å². The highest BCUT2D eigenvalue weighted by Gasteiger charge is 2.15. The van der Waals surface area contributed by atoms with Gasteiger partial charge < -0.3 is 19.6 Å². The largest absolute Gasteiger partial charge is 0.508 e. The third kappa shape index (κ3) is 4.86. The molecule has 0 unspecified atom stereocenters. The smallest absolute Gasteiger partial charge is 0.261 e. The summed E-state index contributed by atoms with van der Waals surface area (Å²) in [5.74, 6) is -0.0374. The number of phenols is 1. The number of hydrogen-bond acceptors (Lipinski definition) is 7. The summed E-state index contributed by atoms with van der Waals surface area (Å²) in [4.78, 5) is 17.5. The Morgan fingerprint density at radius 1 is 1.06 bits per heavy atom. The molecule has 1 aromatic heterocycles. The summed E-state index contributed by atoms with van der Waals surface area (Å²) in [6.07, 6.45) is 0. The number of hydrogen-bond donors (Lipinski definition) is 3. The van der Waals surface area contributed by atoms with Crippen molar-refractivity contribution in [1.82, 2.24) is 0 Å². The van der Waals surface area contributed by atoms with Crippen molar-refractivity contribution < 1.29 is 27.5 Å². The van der Waals surface area contributed by atoms with Gasteiger partial charge >= 0.3 is 0 Å². The van der Waals surface area contributed by atoms with Crippen LogP contribution in [0.5, 0.6) is 11.5 Å². The fourth-order valence-electron chi connectivity index (χ4n) is 3.12. The van der Waals surface area contributed by atoms with Crippen LogP contribution in [0.3, 0.4) is 0 Å². The lowest BCUT2D eigenvalue weighted by Crippen LogP contribution is -2.22. The molecular weight excluding hydrogens is 446 g/mol. The predicted molar refractivity (Wildman–Crippen MR) is 122 cm³/mol. The van der Waals surface area contributed by atoms with E-state index in [1.54, 1.807) is 36.4 Å². The molecule has 1 amide bonds. The third-order valence-corrected chi connectivity index (χ3v) is 5.66. The molecule has 1 heterocycles. The topological polar surface area (TPSA) is 144 Å². The van der Waals surface area contributed by atoms with Gasteiger partial charge in [-0.2, -0.15) is 0 Å². The van der Waals surface area contributed by atoms with Gasteiger partial charge in [0.05, 0.1) is 23.4 Å². The molecule has 0 spiro atoms. The first-order valence-electron chi connectivity index (χ1n) is 9.63. The van der Waals surface area contributed by atoms with Gasteiger partial charge in [-0.3, -0.25) is 4.79 Å². The molecule has 0 radical (unpaired) electrons. The van der Waals surface area contributed by atoms with Gasteiger partial charge in [0.15, 0.2) is 0 Å². The highest BCUT2D eigenvalue weighted by Crippen LogP contribution is 2.25. The van der Waals surface area contributed by atoms with Crippen LogP contribution >= 0.6 is 0 Å². The van der Waals surface area contributed by atoms with E-state index in [-0.39, 0.29) is 21.8 Å². The summed E-state index contributed by atoms with van der Waals surface area (Å²) in [5, 5.41) is 18.3. The maximum absolute atomic E-state index is 13.2. The first-order chi connectivity index (χ1) is 15.7. The average molecular weight is 465 g/mol. The molecule has 10 heteroatoms. The Morgan fingerprint density at radius 2 is 1.79 bits per heavy atom. The van der Waals surface area contributed by atoms with Gasteiger partial charge in [-0.1, -0.05) is 12.1 Å². The molecule has 0 aliphatic rings. The van der Waals surface area contributed by atoms with E-state index in [1.165, 1.54) is 43.5 Å². The van der Waals surface area contributed by atoms with Crippen molar-refractivity contribution in [2.24, 2.45) is 10.1 Å². The fraction of sp³-hybridized carbons (Fsp3) is 0.0435. The van der Waals surface area contributed by atoms with E-state index in [4.69, 9.17) is 14.3 Å². The Hall–Kier alpha value is -4.15. The number of fused-ring (bicyclic) bond motifs is 1. The zero-order valence-electron chi connectivity index (χ0n) is 17.3. The maximum atomic E-state index is 13.2. The number of sulfonamides is 1. The molecule has 9 nitrogen and oxygen atoms in total. The molecule has 0 aliphatic carbocycles. The average Bonchev–Trinajstić information content (AvgIpc) is 2.78. The van der Waals surface area contributed by atoms with Gasteiger partial charge in [-0.15, -0.1) is 0 Å². The number of nitrogens with two attached hydrogens (primary N) is 1. The number of primary sulfonamides is 1. The van der Waals surface area contributed by atoms with Crippen LogP contribution in [0.25, 0.3) is 11.0 Å². The van der Waals surface area contributed by atoms with Gasteiger partial charge in [0.25, 0.3) is 5.91 Å². The number of phenolic OH excluding ortho intramolecular Hbond substituents is 1. The van der Waals surface area contributed by atoms with Crippen LogP contribution in [0, 0.1) is 0 Å². The Bertz CT molecular complexity index is 1530. The van der Waals surface area contributed by atoms with E-state index < -0.39 is 15.9 Å². The Labute approximate surface area is 188 Å². The molecule has 33 heavy (non-hydrogen) atoms. The SMILES string of the molecule is COc1ccccc1NC(=O)c1cc2ccc(O)cc2oc1=Nc1ccc(S(N)(=O)=O)cc1. The van der Waals surface area contributed by atoms with Crippen LogP contribution in [0.2, 0.25) is 0 Å². The van der Waals surface area contributed by atoms with E-state index in [2.05, 4.69) is 10.3 Å². The van der Waals surface area contributed by atoms with Crippen molar-refractivity contribution >= 4 is 38.3 Å². The molecule has 4 aromatic rings. The third-order valence-electron chi connectivity index (χ3n) is 4.73. The van der Waals surface area contributed by atoms with Crippen LogP contribution in [-0.2, 0) is 10.0 Å². The van der Waals surface area contributed by atoms with Crippen molar-refractivity contribution in [3.63, 3.8) is 0 Å². The standard InChI is InChI=1S/C23H19N3O6S/c1-31-20-5-3-2-4-19(20)26-22(28)18-12-14-6-9-16(27)13-21(14)32-23(18)25-15-7-10-17(11-8-15)33(24,29)30/h2-13,27H,1H3,(H,26,28)(H2,24,29,30). The van der Waals surface area contributed by atoms with Crippen LogP contribution in [-0.4, -0.2) is 26.5 Å². The summed E-state index contributed by atoms with van der Waals surface area (Å²) in [6.45, 7) is 0. The number of methoxy groups -OCH3 is 1. The van der Waals surface area contributed by atoms with Crippen molar-refractivity contribution in [2.75, 3.05) is 12.4 Å². The molecule has 4 rings (SSSR count).